The summed E-state index contributed by atoms with van der Waals surface area (Å²) in [4.78, 5) is 15.2. The fourth-order valence-corrected chi connectivity index (χ4v) is 4.14. The maximum Gasteiger partial charge on any atom is 0.273 e. The predicted molar refractivity (Wildman–Crippen MR) is 122 cm³/mol. The third-order valence-electron chi connectivity index (χ3n) is 5.71. The molecule has 3 aromatic rings. The van der Waals surface area contributed by atoms with Crippen molar-refractivity contribution in [3.8, 4) is 22.8 Å². The zero-order chi connectivity index (χ0) is 22.5. The number of phenols is 1. The first kappa shape index (κ1) is 21.9. The Morgan fingerprint density at radius 2 is 1.97 bits per heavy atom. The van der Waals surface area contributed by atoms with Crippen LogP contribution in [0, 0.1) is 0 Å². The average Bonchev–Trinajstić information content (AvgIpc) is 3.34. The van der Waals surface area contributed by atoms with Crippen LogP contribution >= 0.6 is 0 Å². The van der Waals surface area contributed by atoms with Crippen molar-refractivity contribution in [2.75, 3.05) is 26.9 Å². The van der Waals surface area contributed by atoms with Crippen molar-refractivity contribution in [3.05, 3.63) is 65.4 Å². The number of methoxy groups -OCH3 is 1. The Morgan fingerprint density at radius 3 is 2.75 bits per heavy atom. The summed E-state index contributed by atoms with van der Waals surface area (Å²) in [6, 6.07) is 14.6. The quantitative estimate of drug-likeness (QED) is 0.457. The van der Waals surface area contributed by atoms with Gasteiger partial charge in [-0.2, -0.15) is 5.10 Å². The van der Waals surface area contributed by atoms with Crippen molar-refractivity contribution >= 4 is 5.91 Å². The number of rotatable bonds is 10. The van der Waals surface area contributed by atoms with Gasteiger partial charge in [0.2, 0.25) is 0 Å². The summed E-state index contributed by atoms with van der Waals surface area (Å²) in [6.07, 6.45) is 2.76. The first-order valence-corrected chi connectivity index (χ1v) is 11.0. The molecule has 168 valence electrons. The summed E-state index contributed by atoms with van der Waals surface area (Å²) >= 11 is 0. The van der Waals surface area contributed by atoms with Crippen molar-refractivity contribution < 1.29 is 19.4 Å². The number of para-hydroxylation sites is 1. The highest BCUT2D eigenvalue weighted by Gasteiger charge is 2.42. The SMILES string of the molecule is CCCCOc1cccc(C2c3c(-c4ccccc4O)n[nH]c3C(=O)N2CCCOC)c1. The first-order valence-electron chi connectivity index (χ1n) is 11.0. The number of amides is 1. The van der Waals surface area contributed by atoms with Gasteiger partial charge < -0.3 is 19.5 Å². The number of hydrogen-bond donors (Lipinski definition) is 2. The Labute approximate surface area is 188 Å². The van der Waals surface area contributed by atoms with E-state index in [9.17, 15) is 9.90 Å². The van der Waals surface area contributed by atoms with Gasteiger partial charge in [0, 0.05) is 31.4 Å². The lowest BCUT2D eigenvalue weighted by atomic mass is 9.95. The number of fused-ring (bicyclic) bond motifs is 1. The third kappa shape index (κ3) is 4.21. The summed E-state index contributed by atoms with van der Waals surface area (Å²) in [6.45, 7) is 3.89. The molecule has 4 rings (SSSR count). The van der Waals surface area contributed by atoms with Gasteiger partial charge in [0.15, 0.2) is 0 Å². The molecule has 1 aliphatic heterocycles. The molecule has 0 fully saturated rings. The van der Waals surface area contributed by atoms with E-state index in [1.54, 1.807) is 19.2 Å². The lowest BCUT2D eigenvalue weighted by Gasteiger charge is -2.26. The molecule has 0 aliphatic carbocycles. The molecule has 2 heterocycles. The van der Waals surface area contributed by atoms with Crippen LogP contribution in [-0.2, 0) is 4.74 Å². The van der Waals surface area contributed by atoms with E-state index >= 15 is 0 Å². The largest absolute Gasteiger partial charge is 0.507 e. The van der Waals surface area contributed by atoms with Crippen molar-refractivity contribution in [2.45, 2.75) is 32.2 Å². The Bertz CT molecular complexity index is 1080. The van der Waals surface area contributed by atoms with Crippen LogP contribution in [0.3, 0.4) is 0 Å². The highest BCUT2D eigenvalue weighted by Crippen LogP contribution is 2.44. The van der Waals surface area contributed by atoms with Gasteiger partial charge in [0.1, 0.15) is 22.9 Å². The molecule has 1 atom stereocenters. The first-order chi connectivity index (χ1) is 15.7. The number of aromatic amines is 1. The number of nitrogens with one attached hydrogen (secondary N) is 1. The normalized spacial score (nSPS) is 15.2. The molecule has 2 aromatic carbocycles. The molecule has 0 saturated carbocycles. The predicted octanol–water partition coefficient (Wildman–Crippen LogP) is 4.54. The standard InChI is InChI=1S/C25H29N3O4/c1-3-4-15-32-18-10-7-9-17(16-18)24-21-22(19-11-5-6-12-20(19)29)26-27-23(21)25(30)28(24)13-8-14-31-2/h5-7,9-12,16,24,29H,3-4,8,13-15H2,1-2H3,(H,26,27). The average molecular weight is 436 g/mol. The fraction of sp³-hybridized carbons (Fsp3) is 0.360. The molecular formula is C25H29N3O4. The van der Waals surface area contributed by atoms with Crippen LogP contribution in [0.1, 0.15) is 53.8 Å². The Kier molecular flexibility index (Phi) is 6.75. The van der Waals surface area contributed by atoms with Crippen molar-refractivity contribution in [2.24, 2.45) is 0 Å². The molecule has 1 aromatic heterocycles. The fourth-order valence-electron chi connectivity index (χ4n) is 4.14. The number of unbranched alkanes of at least 4 members (excludes halogenated alkanes) is 1. The molecule has 0 bridgehead atoms. The number of aromatic nitrogens is 2. The van der Waals surface area contributed by atoms with Crippen molar-refractivity contribution in [1.29, 1.82) is 0 Å². The van der Waals surface area contributed by atoms with Crippen LogP contribution in [0.5, 0.6) is 11.5 Å². The minimum Gasteiger partial charge on any atom is -0.507 e. The number of H-pyrrole nitrogens is 1. The van der Waals surface area contributed by atoms with Gasteiger partial charge in [-0.3, -0.25) is 9.89 Å². The highest BCUT2D eigenvalue weighted by molar-refractivity contribution is 6.00. The molecule has 0 spiro atoms. The lowest BCUT2D eigenvalue weighted by Crippen LogP contribution is -2.31. The zero-order valence-electron chi connectivity index (χ0n) is 18.5. The number of hydrogen-bond acceptors (Lipinski definition) is 5. The van der Waals surface area contributed by atoms with Gasteiger partial charge >= 0.3 is 0 Å². The van der Waals surface area contributed by atoms with E-state index in [2.05, 4.69) is 17.1 Å². The van der Waals surface area contributed by atoms with Crippen molar-refractivity contribution in [3.63, 3.8) is 0 Å². The number of ether oxygens (including phenoxy) is 2. The number of benzene rings is 2. The zero-order valence-corrected chi connectivity index (χ0v) is 18.5. The van der Waals surface area contributed by atoms with Gasteiger partial charge in [0.25, 0.3) is 5.91 Å². The summed E-state index contributed by atoms with van der Waals surface area (Å²) in [5, 5.41) is 17.8. The smallest absolute Gasteiger partial charge is 0.273 e. The van der Waals surface area contributed by atoms with Crippen LogP contribution in [0.15, 0.2) is 48.5 Å². The van der Waals surface area contributed by atoms with E-state index in [1.807, 2.05) is 41.3 Å². The van der Waals surface area contributed by atoms with Crippen LogP contribution in [0.4, 0.5) is 0 Å². The van der Waals surface area contributed by atoms with Crippen molar-refractivity contribution in [1.82, 2.24) is 15.1 Å². The lowest BCUT2D eigenvalue weighted by molar-refractivity contribution is 0.0723. The number of carbonyl (C=O) groups is 1. The van der Waals surface area contributed by atoms with Gasteiger partial charge in [-0.15, -0.1) is 0 Å². The van der Waals surface area contributed by atoms with Crippen LogP contribution in [-0.4, -0.2) is 53.0 Å². The second-order valence-electron chi connectivity index (χ2n) is 7.90. The molecular weight excluding hydrogens is 406 g/mol. The van der Waals surface area contributed by atoms with Gasteiger partial charge in [-0.25, -0.2) is 0 Å². The molecule has 7 nitrogen and oxygen atoms in total. The summed E-state index contributed by atoms with van der Waals surface area (Å²) < 4.78 is 11.1. The van der Waals surface area contributed by atoms with Gasteiger partial charge in [-0.05, 0) is 42.7 Å². The molecule has 1 amide bonds. The minimum absolute atomic E-state index is 0.104. The maximum atomic E-state index is 13.3. The molecule has 0 radical (unpaired) electrons. The Balaban J connectivity index is 1.77. The number of phenolic OH excluding ortho intramolecular Hbond substituents is 1. The Morgan fingerprint density at radius 1 is 1.12 bits per heavy atom. The molecule has 7 heteroatoms. The number of nitrogens with zero attached hydrogens (tertiary/aromatic N) is 2. The van der Waals surface area contributed by atoms with Gasteiger partial charge in [-0.1, -0.05) is 37.6 Å². The number of aromatic hydroxyl groups is 1. The van der Waals surface area contributed by atoms with E-state index in [0.717, 1.165) is 36.1 Å². The molecule has 32 heavy (non-hydrogen) atoms. The summed E-state index contributed by atoms with van der Waals surface area (Å²) in [5.74, 6) is 0.802. The third-order valence-corrected chi connectivity index (χ3v) is 5.71. The van der Waals surface area contributed by atoms with Crippen LogP contribution in [0.2, 0.25) is 0 Å². The van der Waals surface area contributed by atoms with E-state index < -0.39 is 0 Å². The summed E-state index contributed by atoms with van der Waals surface area (Å²) in [5.41, 5.74) is 3.36. The highest BCUT2D eigenvalue weighted by atomic mass is 16.5. The monoisotopic (exact) mass is 435 g/mol. The second-order valence-corrected chi connectivity index (χ2v) is 7.90. The Hall–Kier alpha value is -3.32. The van der Waals surface area contributed by atoms with Crippen LogP contribution in [0.25, 0.3) is 11.3 Å². The minimum atomic E-state index is -0.336. The van der Waals surface area contributed by atoms with E-state index in [4.69, 9.17) is 9.47 Å². The molecule has 1 aliphatic rings. The number of carbonyl (C=O) groups excluding carboxylic acids is 1. The molecule has 1 unspecified atom stereocenters. The maximum absolute atomic E-state index is 13.3. The van der Waals surface area contributed by atoms with Crippen LogP contribution < -0.4 is 4.74 Å². The topological polar surface area (TPSA) is 87.7 Å². The van der Waals surface area contributed by atoms with E-state index in [-0.39, 0.29) is 17.7 Å². The summed E-state index contributed by atoms with van der Waals surface area (Å²) in [7, 11) is 1.66. The van der Waals surface area contributed by atoms with E-state index in [0.29, 0.717) is 36.7 Å². The second kappa shape index (κ2) is 9.87. The molecule has 0 saturated heterocycles. The molecule has 2 N–H and O–H groups in total. The van der Waals surface area contributed by atoms with E-state index in [1.165, 1.54) is 0 Å². The van der Waals surface area contributed by atoms with Gasteiger partial charge in [0.05, 0.1) is 12.6 Å².